The van der Waals surface area contributed by atoms with Gasteiger partial charge in [-0.2, -0.15) is 23.3 Å². The van der Waals surface area contributed by atoms with E-state index < -0.39 is 29.5 Å². The van der Waals surface area contributed by atoms with Crippen LogP contribution in [0.15, 0.2) is 12.4 Å². The van der Waals surface area contributed by atoms with Gasteiger partial charge in [0, 0.05) is 32.8 Å². The van der Waals surface area contributed by atoms with E-state index >= 15 is 0 Å². The van der Waals surface area contributed by atoms with Crippen molar-refractivity contribution in [2.45, 2.75) is 31.5 Å². The summed E-state index contributed by atoms with van der Waals surface area (Å²) < 4.78 is 68.7. The fourth-order valence-corrected chi connectivity index (χ4v) is 3.35. The highest BCUT2D eigenvalue weighted by molar-refractivity contribution is 6.32. The van der Waals surface area contributed by atoms with Gasteiger partial charge in [-0.05, 0) is 6.54 Å². The van der Waals surface area contributed by atoms with Crippen LogP contribution in [-0.4, -0.2) is 57.3 Å². The first-order valence-corrected chi connectivity index (χ1v) is 9.16. The van der Waals surface area contributed by atoms with Gasteiger partial charge in [0.2, 0.25) is 5.95 Å². The smallest absolute Gasteiger partial charge is 0.372 e. The van der Waals surface area contributed by atoms with E-state index in [0.717, 1.165) is 4.68 Å². The summed E-state index contributed by atoms with van der Waals surface area (Å²) in [5, 5.41) is 8.84. The minimum absolute atomic E-state index is 0.0744. The summed E-state index contributed by atoms with van der Waals surface area (Å²) in [6.45, 7) is 2.84. The van der Waals surface area contributed by atoms with Gasteiger partial charge in [-0.15, -0.1) is 0 Å². The SMILES string of the molecule is CCN1CCC(F)(F)C(n2ncc(Nc3ncc(C(F)(F)F)c(NC)n3)c2Cl)C1. The van der Waals surface area contributed by atoms with Gasteiger partial charge in [0.25, 0.3) is 5.92 Å². The summed E-state index contributed by atoms with van der Waals surface area (Å²) >= 11 is 6.24. The van der Waals surface area contributed by atoms with E-state index in [1.807, 2.05) is 11.8 Å². The van der Waals surface area contributed by atoms with Gasteiger partial charge in [0.15, 0.2) is 5.15 Å². The third kappa shape index (κ3) is 4.37. The lowest BCUT2D eigenvalue weighted by Crippen LogP contribution is -2.48. The molecule has 0 spiro atoms. The molecule has 13 heteroatoms. The Morgan fingerprint density at radius 3 is 2.66 bits per heavy atom. The monoisotopic (exact) mass is 439 g/mol. The number of anilines is 3. The summed E-state index contributed by atoms with van der Waals surface area (Å²) in [5.74, 6) is -3.62. The van der Waals surface area contributed by atoms with E-state index in [-0.39, 0.29) is 36.3 Å². The van der Waals surface area contributed by atoms with E-state index in [9.17, 15) is 22.0 Å². The molecule has 2 N–H and O–H groups in total. The van der Waals surface area contributed by atoms with Crippen LogP contribution in [0.3, 0.4) is 0 Å². The van der Waals surface area contributed by atoms with Crippen molar-refractivity contribution in [3.8, 4) is 0 Å². The molecule has 2 aromatic rings. The van der Waals surface area contributed by atoms with Crippen LogP contribution in [0, 0.1) is 0 Å². The molecule has 7 nitrogen and oxygen atoms in total. The number of piperidine rings is 1. The number of likely N-dealkylation sites (tertiary alicyclic amines) is 1. The molecule has 0 amide bonds. The zero-order chi connectivity index (χ0) is 21.4. The molecule has 2 aromatic heterocycles. The van der Waals surface area contributed by atoms with Crippen molar-refractivity contribution in [1.82, 2.24) is 24.6 Å². The molecule has 1 fully saturated rings. The van der Waals surface area contributed by atoms with Gasteiger partial charge in [-0.3, -0.25) is 0 Å². The van der Waals surface area contributed by atoms with Crippen molar-refractivity contribution in [3.63, 3.8) is 0 Å². The van der Waals surface area contributed by atoms with Gasteiger partial charge in [-0.25, -0.2) is 18.4 Å². The molecule has 0 bridgehead atoms. The van der Waals surface area contributed by atoms with Crippen LogP contribution in [0.4, 0.5) is 39.4 Å². The highest BCUT2D eigenvalue weighted by Gasteiger charge is 2.46. The first kappa shape index (κ1) is 21.5. The summed E-state index contributed by atoms with van der Waals surface area (Å²) in [6, 6.07) is -1.26. The minimum Gasteiger partial charge on any atom is -0.372 e. The average molecular weight is 440 g/mol. The maximum Gasteiger partial charge on any atom is 0.421 e. The fraction of sp³-hybridized carbons (Fsp3) is 0.562. The zero-order valence-electron chi connectivity index (χ0n) is 15.6. The van der Waals surface area contributed by atoms with Crippen LogP contribution in [0.5, 0.6) is 0 Å². The number of aromatic nitrogens is 4. The van der Waals surface area contributed by atoms with E-state index in [1.54, 1.807) is 0 Å². The Balaban J connectivity index is 1.86. The summed E-state index contributed by atoms with van der Waals surface area (Å²) in [7, 11) is 1.29. The van der Waals surface area contributed by atoms with E-state index in [1.165, 1.54) is 13.2 Å². The molecule has 3 rings (SSSR count). The van der Waals surface area contributed by atoms with Crippen LogP contribution >= 0.6 is 11.6 Å². The number of nitrogens with zero attached hydrogens (tertiary/aromatic N) is 5. The zero-order valence-corrected chi connectivity index (χ0v) is 16.3. The molecule has 1 unspecified atom stereocenters. The molecule has 1 saturated heterocycles. The van der Waals surface area contributed by atoms with E-state index in [0.29, 0.717) is 12.7 Å². The first-order valence-electron chi connectivity index (χ1n) is 8.79. The second kappa shape index (κ2) is 7.90. The van der Waals surface area contributed by atoms with Crippen molar-refractivity contribution in [3.05, 3.63) is 23.1 Å². The lowest BCUT2D eigenvalue weighted by atomic mass is 10.0. The third-order valence-electron chi connectivity index (χ3n) is 4.73. The average Bonchev–Trinajstić information content (AvgIpc) is 3.01. The Morgan fingerprint density at radius 1 is 1.31 bits per heavy atom. The number of nitrogens with one attached hydrogen (secondary N) is 2. The molecule has 0 aliphatic carbocycles. The largest absolute Gasteiger partial charge is 0.421 e. The summed E-state index contributed by atoms with van der Waals surface area (Å²) in [6.07, 6.45) is -3.12. The van der Waals surface area contributed by atoms with Crippen molar-refractivity contribution in [2.75, 3.05) is 37.3 Å². The molecular weight excluding hydrogens is 421 g/mol. The molecule has 29 heavy (non-hydrogen) atoms. The second-order valence-corrected chi connectivity index (χ2v) is 6.90. The van der Waals surface area contributed by atoms with Crippen molar-refractivity contribution < 1.29 is 22.0 Å². The molecule has 0 aromatic carbocycles. The van der Waals surface area contributed by atoms with E-state index in [2.05, 4.69) is 25.7 Å². The highest BCUT2D eigenvalue weighted by Crippen LogP contribution is 2.40. The van der Waals surface area contributed by atoms with Crippen LogP contribution < -0.4 is 10.6 Å². The summed E-state index contributed by atoms with van der Waals surface area (Å²) in [4.78, 5) is 9.26. The van der Waals surface area contributed by atoms with Crippen molar-refractivity contribution in [1.29, 1.82) is 0 Å². The topological polar surface area (TPSA) is 70.9 Å². The quantitative estimate of drug-likeness (QED) is 0.685. The molecular formula is C16H19ClF5N7. The normalized spacial score (nSPS) is 19.9. The highest BCUT2D eigenvalue weighted by atomic mass is 35.5. The van der Waals surface area contributed by atoms with Gasteiger partial charge < -0.3 is 15.5 Å². The summed E-state index contributed by atoms with van der Waals surface area (Å²) in [5.41, 5.74) is -0.924. The number of rotatable bonds is 5. The Bertz CT molecular complexity index is 870. The van der Waals surface area contributed by atoms with Crippen LogP contribution in [0.2, 0.25) is 5.15 Å². The van der Waals surface area contributed by atoms with Gasteiger partial charge >= 0.3 is 6.18 Å². The number of likely N-dealkylation sites (N-methyl/N-ethyl adjacent to an activating group) is 1. The number of halogens is 6. The van der Waals surface area contributed by atoms with Gasteiger partial charge in [0.05, 0.1) is 11.9 Å². The van der Waals surface area contributed by atoms with Crippen LogP contribution in [-0.2, 0) is 6.18 Å². The Morgan fingerprint density at radius 2 is 2.03 bits per heavy atom. The lowest BCUT2D eigenvalue weighted by Gasteiger charge is -2.38. The Kier molecular flexibility index (Phi) is 5.86. The lowest BCUT2D eigenvalue weighted by molar-refractivity contribution is -0.137. The van der Waals surface area contributed by atoms with Crippen molar-refractivity contribution in [2.24, 2.45) is 0 Å². The Hall–Kier alpha value is -2.21. The Labute approximate surface area is 168 Å². The maximum atomic E-state index is 14.4. The van der Waals surface area contributed by atoms with Gasteiger partial charge in [-0.1, -0.05) is 18.5 Å². The fourth-order valence-electron chi connectivity index (χ4n) is 3.10. The van der Waals surface area contributed by atoms with Crippen LogP contribution in [0.25, 0.3) is 0 Å². The first-order chi connectivity index (χ1) is 13.6. The molecule has 3 heterocycles. The standard InChI is InChI=1S/C16H19ClF5N7/c1-3-28-5-4-15(18,19)11(8-28)29-12(17)10(7-25-29)26-14-24-6-9(16(20,21)22)13(23-2)27-14/h6-7,11H,3-5,8H2,1-2H3,(H2,23,24,26,27). The molecule has 1 aliphatic rings. The second-order valence-electron chi connectivity index (χ2n) is 6.54. The number of alkyl halides is 5. The molecule has 160 valence electrons. The van der Waals surface area contributed by atoms with E-state index in [4.69, 9.17) is 11.6 Å². The number of hydrogen-bond acceptors (Lipinski definition) is 6. The third-order valence-corrected chi connectivity index (χ3v) is 5.11. The minimum atomic E-state index is -4.63. The van der Waals surface area contributed by atoms with Crippen LogP contribution in [0.1, 0.15) is 24.9 Å². The molecule has 0 saturated carbocycles. The van der Waals surface area contributed by atoms with Gasteiger partial charge in [0.1, 0.15) is 17.4 Å². The van der Waals surface area contributed by atoms with Crippen molar-refractivity contribution >= 4 is 29.1 Å². The maximum absolute atomic E-state index is 14.4. The molecule has 1 aliphatic heterocycles. The number of hydrogen-bond donors (Lipinski definition) is 2. The predicted octanol–water partition coefficient (Wildman–Crippen LogP) is 4.03. The predicted molar refractivity (Wildman–Crippen MR) is 97.8 cm³/mol. The molecule has 1 atom stereocenters. The molecule has 0 radical (unpaired) electrons.